The number of carbonyl (C=O) groups excluding carboxylic acids is 2. The molecule has 3 heteroatoms. The molecule has 3 aromatic rings. The fraction of sp³-hybridized carbons (Fsp3) is 0.0526. The standard InChI is InChI=1S/C19H11ClO2/c20-16-10-9-13(11-5-1-2-6-12(11)16)17-18(21)14-7-3-4-8-15(14)19(17)22/h1-10,17H. The van der Waals surface area contributed by atoms with E-state index in [2.05, 4.69) is 0 Å². The summed E-state index contributed by atoms with van der Waals surface area (Å²) in [6, 6.07) is 18.1. The van der Waals surface area contributed by atoms with E-state index in [1.165, 1.54) is 0 Å². The minimum absolute atomic E-state index is 0.131. The van der Waals surface area contributed by atoms with E-state index in [-0.39, 0.29) is 11.6 Å². The lowest BCUT2D eigenvalue weighted by atomic mass is 9.90. The van der Waals surface area contributed by atoms with Crippen molar-refractivity contribution in [3.8, 4) is 0 Å². The summed E-state index contributed by atoms with van der Waals surface area (Å²) in [6.07, 6.45) is 0. The topological polar surface area (TPSA) is 34.1 Å². The molecule has 0 atom stereocenters. The van der Waals surface area contributed by atoms with Crippen molar-refractivity contribution in [3.05, 3.63) is 82.4 Å². The number of benzene rings is 3. The molecule has 0 bridgehead atoms. The zero-order valence-electron chi connectivity index (χ0n) is 11.5. The van der Waals surface area contributed by atoms with Crippen LogP contribution in [0.3, 0.4) is 0 Å². The molecule has 0 unspecified atom stereocenters. The van der Waals surface area contributed by atoms with Crippen LogP contribution in [-0.4, -0.2) is 11.6 Å². The van der Waals surface area contributed by atoms with Gasteiger partial charge in [0.1, 0.15) is 5.92 Å². The molecule has 0 aromatic heterocycles. The van der Waals surface area contributed by atoms with E-state index >= 15 is 0 Å². The molecule has 0 N–H and O–H groups in total. The van der Waals surface area contributed by atoms with E-state index in [0.29, 0.717) is 16.1 Å². The summed E-state index contributed by atoms with van der Waals surface area (Å²) >= 11 is 6.23. The van der Waals surface area contributed by atoms with Crippen LogP contribution >= 0.6 is 11.6 Å². The van der Waals surface area contributed by atoms with E-state index in [9.17, 15) is 9.59 Å². The normalized spacial score (nSPS) is 14.6. The van der Waals surface area contributed by atoms with E-state index in [1.54, 1.807) is 36.4 Å². The molecule has 0 heterocycles. The quantitative estimate of drug-likeness (QED) is 0.613. The van der Waals surface area contributed by atoms with Crippen LogP contribution in [0.25, 0.3) is 10.8 Å². The molecule has 1 aliphatic carbocycles. The average Bonchev–Trinajstić information content (AvgIpc) is 2.81. The predicted molar refractivity (Wildman–Crippen MR) is 86.8 cm³/mol. The first-order chi connectivity index (χ1) is 10.7. The van der Waals surface area contributed by atoms with E-state index in [1.807, 2.05) is 24.3 Å². The van der Waals surface area contributed by atoms with Crippen molar-refractivity contribution in [1.29, 1.82) is 0 Å². The van der Waals surface area contributed by atoms with Crippen LogP contribution < -0.4 is 0 Å². The van der Waals surface area contributed by atoms with Gasteiger partial charge in [-0.15, -0.1) is 0 Å². The highest BCUT2D eigenvalue weighted by molar-refractivity contribution is 6.36. The van der Waals surface area contributed by atoms with E-state index in [0.717, 1.165) is 16.3 Å². The van der Waals surface area contributed by atoms with Crippen molar-refractivity contribution in [2.45, 2.75) is 5.92 Å². The minimum Gasteiger partial charge on any atom is -0.293 e. The molecule has 22 heavy (non-hydrogen) atoms. The molecule has 106 valence electrons. The van der Waals surface area contributed by atoms with Crippen LogP contribution in [0, 0.1) is 0 Å². The Morgan fingerprint density at radius 2 is 1.23 bits per heavy atom. The molecule has 0 radical (unpaired) electrons. The number of carbonyl (C=O) groups is 2. The molecule has 3 aromatic carbocycles. The number of rotatable bonds is 1. The fourth-order valence-corrected chi connectivity index (χ4v) is 3.39. The first kappa shape index (κ1) is 13.2. The van der Waals surface area contributed by atoms with Crippen molar-refractivity contribution in [3.63, 3.8) is 0 Å². The summed E-state index contributed by atoms with van der Waals surface area (Å²) in [7, 11) is 0. The second-order valence-electron chi connectivity index (χ2n) is 5.39. The zero-order valence-corrected chi connectivity index (χ0v) is 12.3. The van der Waals surface area contributed by atoms with Crippen LogP contribution in [0.5, 0.6) is 0 Å². The molecule has 0 saturated carbocycles. The first-order valence-corrected chi connectivity index (χ1v) is 7.41. The lowest BCUT2D eigenvalue weighted by Gasteiger charge is -2.12. The van der Waals surface area contributed by atoms with Crippen molar-refractivity contribution in [2.75, 3.05) is 0 Å². The first-order valence-electron chi connectivity index (χ1n) is 7.03. The van der Waals surface area contributed by atoms with Crippen LogP contribution in [0.15, 0.2) is 60.7 Å². The Kier molecular flexibility index (Phi) is 2.88. The van der Waals surface area contributed by atoms with Gasteiger partial charge in [0.15, 0.2) is 11.6 Å². The summed E-state index contributed by atoms with van der Waals surface area (Å²) < 4.78 is 0. The Morgan fingerprint density at radius 1 is 0.682 bits per heavy atom. The highest BCUT2D eigenvalue weighted by Gasteiger charge is 2.39. The Bertz CT molecular complexity index is 908. The van der Waals surface area contributed by atoms with Gasteiger partial charge in [-0.05, 0) is 17.0 Å². The summed E-state index contributed by atoms with van der Waals surface area (Å²) in [5, 5.41) is 2.34. The molecule has 0 amide bonds. The monoisotopic (exact) mass is 306 g/mol. The summed E-state index contributed by atoms with van der Waals surface area (Å²) in [4.78, 5) is 25.4. The van der Waals surface area contributed by atoms with Gasteiger partial charge >= 0.3 is 0 Å². The highest BCUT2D eigenvalue weighted by Crippen LogP contribution is 2.38. The third-order valence-electron chi connectivity index (χ3n) is 4.20. The van der Waals surface area contributed by atoms with E-state index in [4.69, 9.17) is 11.6 Å². The second-order valence-corrected chi connectivity index (χ2v) is 5.80. The van der Waals surface area contributed by atoms with Gasteiger partial charge in [-0.3, -0.25) is 9.59 Å². The van der Waals surface area contributed by atoms with Gasteiger partial charge in [-0.1, -0.05) is 66.2 Å². The Hall–Kier alpha value is -2.45. The SMILES string of the molecule is O=C1c2ccccc2C(=O)C1c1ccc(Cl)c2ccccc12. The Balaban J connectivity index is 1.97. The third-order valence-corrected chi connectivity index (χ3v) is 4.53. The number of Topliss-reactive ketones (excluding diaryl/α,β-unsaturated/α-hetero) is 2. The molecule has 0 fully saturated rings. The number of hydrogen-bond donors (Lipinski definition) is 0. The van der Waals surface area contributed by atoms with Gasteiger partial charge in [0, 0.05) is 21.5 Å². The number of hydrogen-bond acceptors (Lipinski definition) is 2. The maximum Gasteiger partial charge on any atom is 0.178 e. The molecule has 1 aliphatic rings. The highest BCUT2D eigenvalue weighted by atomic mass is 35.5. The third kappa shape index (κ3) is 1.74. The summed E-state index contributed by atoms with van der Waals surface area (Å²) in [5.41, 5.74) is 1.75. The van der Waals surface area contributed by atoms with Gasteiger partial charge in [-0.25, -0.2) is 0 Å². The van der Waals surface area contributed by atoms with Crippen molar-refractivity contribution in [2.24, 2.45) is 0 Å². The van der Waals surface area contributed by atoms with Gasteiger partial charge in [0.2, 0.25) is 0 Å². The molecule has 4 rings (SSSR count). The van der Waals surface area contributed by atoms with Crippen LogP contribution in [-0.2, 0) is 0 Å². The molecule has 0 saturated heterocycles. The molecular formula is C19H11ClO2. The van der Waals surface area contributed by atoms with Crippen LogP contribution in [0.4, 0.5) is 0 Å². The van der Waals surface area contributed by atoms with Crippen molar-refractivity contribution >= 4 is 33.9 Å². The number of fused-ring (bicyclic) bond motifs is 2. The maximum absolute atomic E-state index is 12.7. The molecule has 2 nitrogen and oxygen atoms in total. The van der Waals surface area contributed by atoms with Crippen molar-refractivity contribution < 1.29 is 9.59 Å². The average molecular weight is 307 g/mol. The Morgan fingerprint density at radius 3 is 1.86 bits per heavy atom. The van der Waals surface area contributed by atoms with E-state index < -0.39 is 5.92 Å². The summed E-state index contributed by atoms with van der Waals surface area (Å²) in [5.74, 6) is -1.03. The number of ketones is 2. The lowest BCUT2D eigenvalue weighted by molar-refractivity contribution is 0.0891. The molecule has 0 spiro atoms. The van der Waals surface area contributed by atoms with Gasteiger partial charge in [0.25, 0.3) is 0 Å². The summed E-state index contributed by atoms with van der Waals surface area (Å²) in [6.45, 7) is 0. The molecule has 0 aliphatic heterocycles. The van der Waals surface area contributed by atoms with Crippen molar-refractivity contribution in [1.82, 2.24) is 0 Å². The second kappa shape index (κ2) is 4.79. The molecular weight excluding hydrogens is 296 g/mol. The lowest BCUT2D eigenvalue weighted by Crippen LogP contribution is -2.13. The fourth-order valence-electron chi connectivity index (χ4n) is 3.16. The predicted octanol–water partition coefficient (Wildman–Crippen LogP) is 4.66. The largest absolute Gasteiger partial charge is 0.293 e. The van der Waals surface area contributed by atoms with Gasteiger partial charge < -0.3 is 0 Å². The van der Waals surface area contributed by atoms with Crippen LogP contribution in [0.1, 0.15) is 32.2 Å². The smallest absolute Gasteiger partial charge is 0.178 e. The van der Waals surface area contributed by atoms with Gasteiger partial charge in [-0.2, -0.15) is 0 Å². The number of halogens is 1. The minimum atomic E-state index is -0.764. The Labute approximate surface area is 132 Å². The van der Waals surface area contributed by atoms with Crippen LogP contribution in [0.2, 0.25) is 5.02 Å². The maximum atomic E-state index is 12.7. The van der Waals surface area contributed by atoms with Gasteiger partial charge in [0.05, 0.1) is 0 Å². The zero-order chi connectivity index (χ0) is 15.3.